The standard InChI is InChI=1S/C13H19N/c1-9(2)8-14-13-11(4)6-10(3)7-12(13)5/h6-9H,1-5H3. The molecule has 0 unspecified atom stereocenters. The highest BCUT2D eigenvalue weighted by atomic mass is 14.7. The first kappa shape index (κ1) is 11.0. The lowest BCUT2D eigenvalue weighted by Gasteiger charge is -2.06. The van der Waals surface area contributed by atoms with Crippen LogP contribution >= 0.6 is 0 Å². The lowest BCUT2D eigenvalue weighted by molar-refractivity contribution is 0.907. The van der Waals surface area contributed by atoms with Crippen molar-refractivity contribution in [3.05, 3.63) is 28.8 Å². The molecule has 0 aliphatic rings. The third kappa shape index (κ3) is 2.69. The zero-order valence-corrected chi connectivity index (χ0v) is 9.76. The van der Waals surface area contributed by atoms with Gasteiger partial charge in [0.05, 0.1) is 5.69 Å². The molecule has 0 amide bonds. The molecule has 1 aromatic carbocycles. The van der Waals surface area contributed by atoms with E-state index in [2.05, 4.69) is 51.7 Å². The number of aryl methyl sites for hydroxylation is 3. The van der Waals surface area contributed by atoms with E-state index in [9.17, 15) is 0 Å². The molecule has 0 N–H and O–H groups in total. The second-order valence-electron chi connectivity index (χ2n) is 4.27. The van der Waals surface area contributed by atoms with E-state index in [-0.39, 0.29) is 0 Å². The van der Waals surface area contributed by atoms with Crippen LogP contribution in [0.4, 0.5) is 5.69 Å². The Morgan fingerprint density at radius 1 is 1.07 bits per heavy atom. The Morgan fingerprint density at radius 2 is 1.57 bits per heavy atom. The van der Waals surface area contributed by atoms with Gasteiger partial charge in [-0.15, -0.1) is 0 Å². The number of nitrogens with zero attached hydrogens (tertiary/aromatic N) is 1. The van der Waals surface area contributed by atoms with Gasteiger partial charge in [-0.1, -0.05) is 31.5 Å². The van der Waals surface area contributed by atoms with Crippen LogP contribution < -0.4 is 0 Å². The third-order valence-corrected chi connectivity index (χ3v) is 2.14. The molecule has 0 fully saturated rings. The first-order chi connectivity index (χ1) is 6.50. The fourth-order valence-corrected chi connectivity index (χ4v) is 1.60. The zero-order chi connectivity index (χ0) is 10.7. The number of rotatable bonds is 2. The van der Waals surface area contributed by atoms with Gasteiger partial charge < -0.3 is 0 Å². The van der Waals surface area contributed by atoms with E-state index in [1.165, 1.54) is 16.7 Å². The summed E-state index contributed by atoms with van der Waals surface area (Å²) in [4.78, 5) is 4.52. The van der Waals surface area contributed by atoms with Crippen molar-refractivity contribution in [3.63, 3.8) is 0 Å². The highest BCUT2D eigenvalue weighted by molar-refractivity contribution is 5.68. The van der Waals surface area contributed by atoms with E-state index in [1.54, 1.807) is 0 Å². The van der Waals surface area contributed by atoms with Crippen LogP contribution in [0, 0.1) is 26.7 Å². The second-order valence-corrected chi connectivity index (χ2v) is 4.27. The van der Waals surface area contributed by atoms with Gasteiger partial charge in [-0.25, -0.2) is 0 Å². The van der Waals surface area contributed by atoms with Crippen molar-refractivity contribution in [3.8, 4) is 0 Å². The van der Waals surface area contributed by atoms with Crippen LogP contribution in [0.15, 0.2) is 17.1 Å². The molecule has 1 aromatic rings. The Hall–Kier alpha value is -1.11. The fourth-order valence-electron chi connectivity index (χ4n) is 1.60. The Kier molecular flexibility index (Phi) is 3.45. The predicted molar refractivity (Wildman–Crippen MR) is 63.6 cm³/mol. The molecule has 1 nitrogen and oxygen atoms in total. The molecule has 0 saturated heterocycles. The predicted octanol–water partition coefficient (Wildman–Crippen LogP) is 3.97. The highest BCUT2D eigenvalue weighted by Crippen LogP contribution is 2.24. The summed E-state index contributed by atoms with van der Waals surface area (Å²) >= 11 is 0. The summed E-state index contributed by atoms with van der Waals surface area (Å²) in [5.74, 6) is 0.509. The summed E-state index contributed by atoms with van der Waals surface area (Å²) in [6, 6.07) is 4.36. The lowest BCUT2D eigenvalue weighted by atomic mass is 10.1. The Labute approximate surface area is 86.9 Å². The molecule has 0 aliphatic carbocycles. The van der Waals surface area contributed by atoms with E-state index in [4.69, 9.17) is 0 Å². The number of benzene rings is 1. The molecule has 0 aliphatic heterocycles. The fraction of sp³-hybridized carbons (Fsp3) is 0.462. The smallest absolute Gasteiger partial charge is 0.0684 e. The Balaban J connectivity index is 3.09. The van der Waals surface area contributed by atoms with Gasteiger partial charge in [-0.05, 0) is 37.8 Å². The maximum Gasteiger partial charge on any atom is 0.0684 e. The Morgan fingerprint density at radius 3 is 2.00 bits per heavy atom. The largest absolute Gasteiger partial charge is 0.260 e. The van der Waals surface area contributed by atoms with E-state index in [0.29, 0.717) is 5.92 Å². The minimum Gasteiger partial charge on any atom is -0.260 e. The summed E-state index contributed by atoms with van der Waals surface area (Å²) in [6.07, 6.45) is 2.00. The second kappa shape index (κ2) is 4.41. The zero-order valence-electron chi connectivity index (χ0n) is 9.76. The van der Waals surface area contributed by atoms with E-state index < -0.39 is 0 Å². The molecule has 1 heteroatoms. The molecule has 0 radical (unpaired) electrons. The van der Waals surface area contributed by atoms with Gasteiger partial charge in [0.15, 0.2) is 0 Å². The molecule has 0 atom stereocenters. The van der Waals surface area contributed by atoms with Crippen molar-refractivity contribution in [2.75, 3.05) is 0 Å². The van der Waals surface area contributed by atoms with Crippen LogP contribution in [0.2, 0.25) is 0 Å². The number of hydrogen-bond acceptors (Lipinski definition) is 1. The quantitative estimate of drug-likeness (QED) is 0.624. The maximum atomic E-state index is 4.52. The molecule has 0 saturated carbocycles. The molecule has 0 aromatic heterocycles. The summed E-state index contributed by atoms with van der Waals surface area (Å²) < 4.78 is 0. The number of aliphatic imine (C=N–C) groups is 1. The Bertz CT molecular complexity index is 325. The molecule has 0 heterocycles. The van der Waals surface area contributed by atoms with Crippen LogP contribution in [0.3, 0.4) is 0 Å². The lowest BCUT2D eigenvalue weighted by Crippen LogP contribution is -1.89. The van der Waals surface area contributed by atoms with Crippen molar-refractivity contribution >= 4 is 11.9 Å². The van der Waals surface area contributed by atoms with Crippen LogP contribution in [-0.4, -0.2) is 6.21 Å². The van der Waals surface area contributed by atoms with Crippen LogP contribution in [-0.2, 0) is 0 Å². The van der Waals surface area contributed by atoms with Crippen molar-refractivity contribution < 1.29 is 0 Å². The maximum absolute atomic E-state index is 4.52. The molecular formula is C13H19N. The van der Waals surface area contributed by atoms with E-state index in [0.717, 1.165) is 5.69 Å². The van der Waals surface area contributed by atoms with Gasteiger partial charge in [0.1, 0.15) is 0 Å². The normalized spacial score (nSPS) is 11.6. The summed E-state index contributed by atoms with van der Waals surface area (Å²) in [7, 11) is 0. The van der Waals surface area contributed by atoms with Gasteiger partial charge in [0, 0.05) is 6.21 Å². The minimum absolute atomic E-state index is 0.509. The van der Waals surface area contributed by atoms with Crippen LogP contribution in [0.1, 0.15) is 30.5 Å². The average molecular weight is 189 g/mol. The topological polar surface area (TPSA) is 12.4 Å². The SMILES string of the molecule is Cc1cc(C)c(N=CC(C)C)c(C)c1. The van der Waals surface area contributed by atoms with Gasteiger partial charge in [0.2, 0.25) is 0 Å². The van der Waals surface area contributed by atoms with Crippen molar-refractivity contribution in [2.45, 2.75) is 34.6 Å². The number of hydrogen-bond donors (Lipinski definition) is 0. The van der Waals surface area contributed by atoms with Gasteiger partial charge in [-0.2, -0.15) is 0 Å². The van der Waals surface area contributed by atoms with Crippen molar-refractivity contribution in [1.82, 2.24) is 0 Å². The summed E-state index contributed by atoms with van der Waals surface area (Å²) in [6.45, 7) is 10.6. The molecule has 0 bridgehead atoms. The minimum atomic E-state index is 0.509. The van der Waals surface area contributed by atoms with Crippen LogP contribution in [0.25, 0.3) is 0 Å². The first-order valence-corrected chi connectivity index (χ1v) is 5.12. The van der Waals surface area contributed by atoms with Gasteiger partial charge in [-0.3, -0.25) is 4.99 Å². The molecule has 1 rings (SSSR count). The monoisotopic (exact) mass is 189 g/mol. The molecule has 76 valence electrons. The molecular weight excluding hydrogens is 170 g/mol. The summed E-state index contributed by atoms with van der Waals surface area (Å²) in [5, 5.41) is 0. The van der Waals surface area contributed by atoms with E-state index in [1.807, 2.05) is 6.21 Å². The third-order valence-electron chi connectivity index (χ3n) is 2.14. The summed E-state index contributed by atoms with van der Waals surface area (Å²) in [5.41, 5.74) is 4.96. The molecule has 14 heavy (non-hydrogen) atoms. The van der Waals surface area contributed by atoms with Crippen LogP contribution in [0.5, 0.6) is 0 Å². The van der Waals surface area contributed by atoms with Gasteiger partial charge in [0.25, 0.3) is 0 Å². The average Bonchev–Trinajstić information content (AvgIpc) is 2.01. The molecule has 0 spiro atoms. The van der Waals surface area contributed by atoms with E-state index >= 15 is 0 Å². The van der Waals surface area contributed by atoms with Gasteiger partial charge >= 0.3 is 0 Å². The highest BCUT2D eigenvalue weighted by Gasteiger charge is 2.01. The van der Waals surface area contributed by atoms with Crippen molar-refractivity contribution in [1.29, 1.82) is 0 Å². The first-order valence-electron chi connectivity index (χ1n) is 5.12. The van der Waals surface area contributed by atoms with Crippen molar-refractivity contribution in [2.24, 2.45) is 10.9 Å².